The molecule has 0 saturated carbocycles. The molecular formula is C22H26N2O6S2. The Balaban J connectivity index is 2.00. The molecule has 2 N–H and O–H groups in total. The Morgan fingerprint density at radius 2 is 1.56 bits per heavy atom. The van der Waals surface area contributed by atoms with Gasteiger partial charge in [0.25, 0.3) is 0 Å². The van der Waals surface area contributed by atoms with Crippen LogP contribution in [-0.2, 0) is 19.1 Å². The van der Waals surface area contributed by atoms with Gasteiger partial charge in [0.05, 0.1) is 30.3 Å². The number of carbonyl (C=O) groups excluding carboxylic acids is 4. The van der Waals surface area contributed by atoms with Crippen molar-refractivity contribution in [1.82, 2.24) is 0 Å². The Hall–Kier alpha value is -2.85. The summed E-state index contributed by atoms with van der Waals surface area (Å²) >= 11 is 2.10. The molecule has 0 atom stereocenters. The maximum Gasteiger partial charge on any atom is 0.348 e. The zero-order valence-corrected chi connectivity index (χ0v) is 20.0. The van der Waals surface area contributed by atoms with Gasteiger partial charge in [-0.05, 0) is 51.0 Å². The fourth-order valence-electron chi connectivity index (χ4n) is 2.76. The summed E-state index contributed by atoms with van der Waals surface area (Å²) in [5, 5.41) is 5.66. The Morgan fingerprint density at radius 1 is 0.938 bits per heavy atom. The van der Waals surface area contributed by atoms with Gasteiger partial charge in [-0.15, -0.1) is 23.1 Å². The van der Waals surface area contributed by atoms with E-state index in [0.29, 0.717) is 11.3 Å². The first-order valence-electron chi connectivity index (χ1n) is 9.98. The number of esters is 2. The van der Waals surface area contributed by atoms with E-state index >= 15 is 0 Å². The number of rotatable bonds is 10. The first-order valence-corrected chi connectivity index (χ1v) is 12.0. The van der Waals surface area contributed by atoms with Crippen LogP contribution in [0.4, 0.5) is 10.7 Å². The van der Waals surface area contributed by atoms with Crippen LogP contribution in [0.5, 0.6) is 0 Å². The van der Waals surface area contributed by atoms with Gasteiger partial charge in [0.2, 0.25) is 11.8 Å². The molecule has 0 spiro atoms. The molecule has 1 aromatic heterocycles. The third-order valence-corrected chi connectivity index (χ3v) is 6.23. The van der Waals surface area contributed by atoms with Gasteiger partial charge in [0, 0.05) is 5.69 Å². The van der Waals surface area contributed by atoms with Crippen LogP contribution in [0.15, 0.2) is 24.3 Å². The van der Waals surface area contributed by atoms with Crippen molar-refractivity contribution in [2.45, 2.75) is 27.7 Å². The topological polar surface area (TPSA) is 111 Å². The average molecular weight is 479 g/mol. The number of thiophene rings is 1. The minimum Gasteiger partial charge on any atom is -0.462 e. The summed E-state index contributed by atoms with van der Waals surface area (Å²) in [5.41, 5.74) is 2.25. The maximum absolute atomic E-state index is 12.4. The van der Waals surface area contributed by atoms with E-state index < -0.39 is 17.8 Å². The van der Waals surface area contributed by atoms with E-state index in [9.17, 15) is 19.2 Å². The number of benzene rings is 1. The molecule has 2 aromatic rings. The van der Waals surface area contributed by atoms with Crippen LogP contribution < -0.4 is 10.6 Å². The van der Waals surface area contributed by atoms with Gasteiger partial charge in [0.15, 0.2) is 0 Å². The first kappa shape index (κ1) is 25.4. The second-order valence-corrected chi connectivity index (χ2v) is 8.67. The van der Waals surface area contributed by atoms with E-state index in [1.807, 2.05) is 25.1 Å². The third-order valence-electron chi connectivity index (χ3n) is 4.11. The number of thioether (sulfide) groups is 1. The second-order valence-electron chi connectivity index (χ2n) is 6.66. The Kier molecular flexibility index (Phi) is 9.73. The molecule has 0 fully saturated rings. The second kappa shape index (κ2) is 12.3. The smallest absolute Gasteiger partial charge is 0.348 e. The van der Waals surface area contributed by atoms with Crippen molar-refractivity contribution >= 4 is 57.5 Å². The molecule has 0 aliphatic carbocycles. The number of anilines is 2. The number of nitrogens with one attached hydrogen (secondary N) is 2. The molecule has 8 nitrogen and oxygen atoms in total. The van der Waals surface area contributed by atoms with Crippen molar-refractivity contribution in [3.05, 3.63) is 45.8 Å². The molecule has 0 aliphatic heterocycles. The van der Waals surface area contributed by atoms with Crippen LogP contribution in [0.2, 0.25) is 0 Å². The minimum atomic E-state index is -0.628. The van der Waals surface area contributed by atoms with Crippen LogP contribution in [-0.4, -0.2) is 48.5 Å². The fraction of sp³-hybridized carbons (Fsp3) is 0.364. The normalized spacial score (nSPS) is 10.4. The Morgan fingerprint density at radius 3 is 2.19 bits per heavy atom. The van der Waals surface area contributed by atoms with Gasteiger partial charge in [-0.2, -0.15) is 0 Å². The van der Waals surface area contributed by atoms with Gasteiger partial charge in [-0.1, -0.05) is 12.1 Å². The fourth-order valence-corrected chi connectivity index (χ4v) is 4.48. The molecule has 1 heterocycles. The molecular weight excluding hydrogens is 452 g/mol. The largest absolute Gasteiger partial charge is 0.462 e. The van der Waals surface area contributed by atoms with Crippen molar-refractivity contribution in [1.29, 1.82) is 0 Å². The summed E-state index contributed by atoms with van der Waals surface area (Å²) in [6.45, 7) is 7.23. The van der Waals surface area contributed by atoms with E-state index in [4.69, 9.17) is 9.47 Å². The molecule has 1 aromatic carbocycles. The van der Waals surface area contributed by atoms with E-state index in [-0.39, 0.29) is 46.1 Å². The summed E-state index contributed by atoms with van der Waals surface area (Å²) in [4.78, 5) is 49.3. The number of ether oxygens (including phenoxy) is 2. The Labute approximate surface area is 195 Å². The van der Waals surface area contributed by atoms with Crippen molar-refractivity contribution in [2.75, 3.05) is 35.4 Å². The lowest BCUT2D eigenvalue weighted by Gasteiger charge is -2.08. The highest BCUT2D eigenvalue weighted by molar-refractivity contribution is 8.00. The van der Waals surface area contributed by atoms with Gasteiger partial charge in [-0.25, -0.2) is 9.59 Å². The van der Waals surface area contributed by atoms with E-state index in [2.05, 4.69) is 10.6 Å². The number of hydrogen-bond donors (Lipinski definition) is 2. The number of hydrogen-bond acceptors (Lipinski definition) is 8. The molecule has 2 amide bonds. The molecule has 32 heavy (non-hydrogen) atoms. The third kappa shape index (κ3) is 7.10. The van der Waals surface area contributed by atoms with Gasteiger partial charge in [-0.3, -0.25) is 9.59 Å². The lowest BCUT2D eigenvalue weighted by atomic mass is 10.1. The van der Waals surface area contributed by atoms with E-state index in [1.165, 1.54) is 0 Å². The summed E-state index contributed by atoms with van der Waals surface area (Å²) in [5.74, 6) is -1.74. The number of carbonyl (C=O) groups is 4. The quantitative estimate of drug-likeness (QED) is 0.496. The molecule has 2 rings (SSSR count). The standard InChI is InChI=1S/C22H26N2O6S2/c1-5-29-21(27)18-14(4)19(22(28)30-6-2)32-20(18)24-17(26)12-31-11-16(25)23-15-9-7-8-13(3)10-15/h7-10H,5-6,11-12H2,1-4H3,(H,23,25)(H,24,26). The molecule has 172 valence electrons. The van der Waals surface area contributed by atoms with Crippen molar-refractivity contribution in [3.8, 4) is 0 Å². The van der Waals surface area contributed by atoms with Crippen LogP contribution in [0.3, 0.4) is 0 Å². The average Bonchev–Trinajstić information content (AvgIpc) is 3.04. The predicted octanol–water partition coefficient (Wildman–Crippen LogP) is 4.03. The highest BCUT2D eigenvalue weighted by atomic mass is 32.2. The monoisotopic (exact) mass is 478 g/mol. The SMILES string of the molecule is CCOC(=O)c1sc(NC(=O)CSCC(=O)Nc2cccc(C)c2)c(C(=O)OCC)c1C. The zero-order valence-electron chi connectivity index (χ0n) is 18.4. The van der Waals surface area contributed by atoms with Crippen molar-refractivity contribution < 1.29 is 28.7 Å². The molecule has 0 aliphatic rings. The van der Waals surface area contributed by atoms with Crippen molar-refractivity contribution in [2.24, 2.45) is 0 Å². The van der Waals surface area contributed by atoms with E-state index in [0.717, 1.165) is 28.7 Å². The Bertz CT molecular complexity index is 1000. The van der Waals surface area contributed by atoms with Crippen LogP contribution in [0.25, 0.3) is 0 Å². The molecule has 0 bridgehead atoms. The summed E-state index contributed by atoms with van der Waals surface area (Å²) in [6, 6.07) is 7.42. The first-order chi connectivity index (χ1) is 15.3. The molecule has 0 radical (unpaired) electrons. The predicted molar refractivity (Wildman–Crippen MR) is 127 cm³/mol. The lowest BCUT2D eigenvalue weighted by molar-refractivity contribution is -0.114. The van der Waals surface area contributed by atoms with Crippen LogP contribution in [0, 0.1) is 13.8 Å². The highest BCUT2D eigenvalue weighted by Crippen LogP contribution is 2.34. The molecule has 0 saturated heterocycles. The molecule has 0 unspecified atom stereocenters. The molecule has 10 heteroatoms. The van der Waals surface area contributed by atoms with Gasteiger partial charge in [0.1, 0.15) is 9.88 Å². The van der Waals surface area contributed by atoms with Gasteiger partial charge >= 0.3 is 11.9 Å². The van der Waals surface area contributed by atoms with Gasteiger partial charge < -0.3 is 20.1 Å². The minimum absolute atomic E-state index is 0.00477. The highest BCUT2D eigenvalue weighted by Gasteiger charge is 2.27. The lowest BCUT2D eigenvalue weighted by Crippen LogP contribution is -2.19. The van der Waals surface area contributed by atoms with E-state index in [1.54, 1.807) is 26.8 Å². The van der Waals surface area contributed by atoms with Crippen LogP contribution in [0.1, 0.15) is 45.0 Å². The summed E-state index contributed by atoms with van der Waals surface area (Å²) in [7, 11) is 0. The number of amides is 2. The van der Waals surface area contributed by atoms with Crippen LogP contribution >= 0.6 is 23.1 Å². The van der Waals surface area contributed by atoms with Crippen molar-refractivity contribution in [3.63, 3.8) is 0 Å². The number of aryl methyl sites for hydroxylation is 1. The zero-order chi connectivity index (χ0) is 23.7. The maximum atomic E-state index is 12.4. The summed E-state index contributed by atoms with van der Waals surface area (Å²) < 4.78 is 10.1. The summed E-state index contributed by atoms with van der Waals surface area (Å²) in [6.07, 6.45) is 0.